The Morgan fingerprint density at radius 3 is 2.59 bits per heavy atom. The Labute approximate surface area is 272 Å². The molecule has 4 atom stereocenters. The summed E-state index contributed by atoms with van der Waals surface area (Å²) < 4.78 is 33.8. The van der Waals surface area contributed by atoms with E-state index in [2.05, 4.69) is 48.5 Å². The molecule has 0 bridgehead atoms. The number of fused-ring (bicyclic) bond motifs is 1. The van der Waals surface area contributed by atoms with Crippen molar-refractivity contribution in [1.29, 1.82) is 0 Å². The predicted molar refractivity (Wildman–Crippen MR) is 180 cm³/mol. The van der Waals surface area contributed by atoms with Crippen LogP contribution in [-0.2, 0) is 16.0 Å². The number of benzene rings is 1. The third kappa shape index (κ3) is 8.26. The molecule has 1 fully saturated rings. The van der Waals surface area contributed by atoms with Gasteiger partial charge in [0.15, 0.2) is 5.78 Å². The number of alkyl halides is 2. The Bertz CT molecular complexity index is 1550. The van der Waals surface area contributed by atoms with Crippen molar-refractivity contribution in [3.8, 4) is 0 Å². The first-order valence-electron chi connectivity index (χ1n) is 17.3. The van der Waals surface area contributed by atoms with Crippen molar-refractivity contribution in [3.63, 3.8) is 0 Å². The normalized spacial score (nSPS) is 24.7. The maximum Gasteiger partial charge on any atom is 0.264 e. The van der Waals surface area contributed by atoms with Crippen LogP contribution in [0.25, 0.3) is 12.3 Å². The number of carbonyl (C=O) groups is 2. The quantitative estimate of drug-likeness (QED) is 0.283. The third-order valence-electron chi connectivity index (χ3n) is 10.1. The summed E-state index contributed by atoms with van der Waals surface area (Å²) in [6, 6.07) is 3.97. The molecule has 5 nitrogen and oxygen atoms in total. The molecule has 0 aromatic heterocycles. The van der Waals surface area contributed by atoms with E-state index < -0.39 is 18.4 Å². The number of Topliss-reactive ketones (excluding diaryl/α,β-unsaturated/α-hetero) is 1. The lowest BCUT2D eigenvalue weighted by molar-refractivity contribution is -0.120. The zero-order chi connectivity index (χ0) is 32.8. The number of nitrogens with zero attached hydrogens (tertiary/aromatic N) is 1. The van der Waals surface area contributed by atoms with Crippen molar-refractivity contribution in [3.05, 3.63) is 81.2 Å². The number of halogens is 2. The fourth-order valence-corrected chi connectivity index (χ4v) is 7.09. The van der Waals surface area contributed by atoms with Crippen molar-refractivity contribution in [2.24, 2.45) is 17.8 Å². The summed E-state index contributed by atoms with van der Waals surface area (Å²) in [5, 5.41) is 4.53. The molecule has 1 saturated carbocycles. The van der Waals surface area contributed by atoms with Crippen LogP contribution in [0, 0.1) is 17.8 Å². The lowest BCUT2D eigenvalue weighted by Crippen LogP contribution is -2.40. The minimum Gasteiger partial charge on any atom is -0.462 e. The molecule has 1 N–H and O–H groups in total. The van der Waals surface area contributed by atoms with E-state index in [1.54, 1.807) is 6.07 Å². The molecule has 0 radical (unpaired) electrons. The van der Waals surface area contributed by atoms with Crippen LogP contribution in [0.3, 0.4) is 0 Å². The number of hydrogen-bond donors (Lipinski definition) is 1. The van der Waals surface area contributed by atoms with Crippen LogP contribution in [0.2, 0.25) is 0 Å². The molecule has 0 spiro atoms. The van der Waals surface area contributed by atoms with E-state index in [4.69, 9.17) is 4.74 Å². The first-order valence-corrected chi connectivity index (χ1v) is 17.3. The van der Waals surface area contributed by atoms with E-state index in [1.807, 2.05) is 31.2 Å². The minimum atomic E-state index is -2.93. The molecule has 4 unspecified atom stereocenters. The Morgan fingerprint density at radius 2 is 1.89 bits per heavy atom. The van der Waals surface area contributed by atoms with Crippen LogP contribution in [-0.4, -0.2) is 41.6 Å². The first-order chi connectivity index (χ1) is 22.1. The van der Waals surface area contributed by atoms with Gasteiger partial charge in [-0.3, -0.25) is 9.59 Å². The first kappa shape index (κ1) is 33.9. The van der Waals surface area contributed by atoms with Gasteiger partial charge in [-0.15, -0.1) is 0 Å². The summed E-state index contributed by atoms with van der Waals surface area (Å²) in [6.45, 7) is 8.01. The zero-order valence-corrected chi connectivity index (χ0v) is 27.9. The van der Waals surface area contributed by atoms with Gasteiger partial charge in [-0.1, -0.05) is 51.5 Å². The molecular weight excluding hydrogens is 582 g/mol. The number of amides is 1. The van der Waals surface area contributed by atoms with Gasteiger partial charge in [0.1, 0.15) is 11.5 Å². The second-order valence-corrected chi connectivity index (χ2v) is 13.7. The van der Waals surface area contributed by atoms with Gasteiger partial charge >= 0.3 is 0 Å². The van der Waals surface area contributed by atoms with Gasteiger partial charge in [0.2, 0.25) is 0 Å². The molecule has 3 aliphatic carbocycles. The molecular formula is C39H50F2N2O3. The molecule has 46 heavy (non-hydrogen) atoms. The van der Waals surface area contributed by atoms with Gasteiger partial charge in [-0.05, 0) is 104 Å². The van der Waals surface area contributed by atoms with Gasteiger partial charge in [-0.25, -0.2) is 8.78 Å². The van der Waals surface area contributed by atoms with Gasteiger partial charge in [0.25, 0.3) is 11.8 Å². The molecule has 1 aromatic carbocycles. The molecule has 1 aliphatic heterocycles. The van der Waals surface area contributed by atoms with Crippen LogP contribution in [0.5, 0.6) is 0 Å². The number of rotatable bonds is 11. The number of ether oxygens (including phenoxy) is 1. The van der Waals surface area contributed by atoms with E-state index in [-0.39, 0.29) is 24.2 Å². The highest BCUT2D eigenvalue weighted by Gasteiger charge is 2.31. The smallest absolute Gasteiger partial charge is 0.264 e. The molecule has 1 aromatic rings. The lowest BCUT2D eigenvalue weighted by Gasteiger charge is -2.35. The summed E-state index contributed by atoms with van der Waals surface area (Å²) in [7, 11) is 0. The lowest BCUT2D eigenvalue weighted by atomic mass is 9.76. The second kappa shape index (κ2) is 15.0. The maximum atomic E-state index is 13.9. The van der Waals surface area contributed by atoms with Crippen LogP contribution in [0.15, 0.2) is 59.6 Å². The van der Waals surface area contributed by atoms with Crippen LogP contribution < -0.4 is 15.8 Å². The number of allylic oxidation sites excluding steroid dienone is 7. The van der Waals surface area contributed by atoms with Gasteiger partial charge in [-0.2, -0.15) is 0 Å². The number of hydrogen-bond acceptors (Lipinski definition) is 4. The fraction of sp³-hybridized carbons (Fsp3) is 0.538. The highest BCUT2D eigenvalue weighted by molar-refractivity contribution is 5.97. The van der Waals surface area contributed by atoms with Crippen molar-refractivity contribution < 1.29 is 23.1 Å². The summed E-state index contributed by atoms with van der Waals surface area (Å²) >= 11 is 0. The molecule has 5 rings (SSSR count). The Balaban J connectivity index is 1.27. The van der Waals surface area contributed by atoms with E-state index in [0.29, 0.717) is 30.2 Å². The molecule has 0 saturated heterocycles. The Kier molecular flexibility index (Phi) is 11.0. The molecule has 4 aliphatic rings. The minimum absolute atomic E-state index is 0.0372. The third-order valence-corrected chi connectivity index (χ3v) is 10.1. The van der Waals surface area contributed by atoms with Gasteiger partial charge in [0, 0.05) is 48.3 Å². The second-order valence-electron chi connectivity index (χ2n) is 13.7. The highest BCUT2D eigenvalue weighted by Crippen LogP contribution is 2.35. The SMILES string of the molecule is CCc1c(C(=O)NCC(F)(F)CC)ccc2c1=CN(CC1CCCC(C(=O)C3=CC=C(OC4=CCC(C)C=C4)CC3)C1)C(C)CC=2. The topological polar surface area (TPSA) is 58.6 Å². The molecule has 7 heteroatoms. The van der Waals surface area contributed by atoms with Crippen LogP contribution in [0.4, 0.5) is 8.78 Å². The largest absolute Gasteiger partial charge is 0.462 e. The average molecular weight is 633 g/mol. The number of carbonyl (C=O) groups excluding carboxylic acids is 2. The zero-order valence-electron chi connectivity index (χ0n) is 27.9. The number of nitrogens with one attached hydrogen (secondary N) is 1. The van der Waals surface area contributed by atoms with E-state index >= 15 is 0 Å². The summed E-state index contributed by atoms with van der Waals surface area (Å²) in [5.74, 6) is -0.319. The fourth-order valence-electron chi connectivity index (χ4n) is 7.09. The predicted octanol–water partition coefficient (Wildman–Crippen LogP) is 7.11. The maximum absolute atomic E-state index is 13.9. The number of ketones is 1. The van der Waals surface area contributed by atoms with Crippen molar-refractivity contribution >= 4 is 24.0 Å². The summed E-state index contributed by atoms with van der Waals surface area (Å²) in [6.07, 6.45) is 22.2. The monoisotopic (exact) mass is 632 g/mol. The van der Waals surface area contributed by atoms with Crippen molar-refractivity contribution in [1.82, 2.24) is 10.2 Å². The average Bonchev–Trinajstić information content (AvgIpc) is 3.22. The van der Waals surface area contributed by atoms with E-state index in [1.165, 1.54) is 6.92 Å². The van der Waals surface area contributed by atoms with Gasteiger partial charge < -0.3 is 15.0 Å². The van der Waals surface area contributed by atoms with Crippen molar-refractivity contribution in [2.45, 2.75) is 104 Å². The highest BCUT2D eigenvalue weighted by atomic mass is 19.3. The molecule has 1 amide bonds. The van der Waals surface area contributed by atoms with E-state index in [0.717, 1.165) is 84.6 Å². The molecule has 1 heterocycles. The summed E-state index contributed by atoms with van der Waals surface area (Å²) in [5.41, 5.74) is 2.25. The van der Waals surface area contributed by atoms with Crippen LogP contribution >= 0.6 is 0 Å². The molecule has 248 valence electrons. The van der Waals surface area contributed by atoms with Gasteiger partial charge in [0.05, 0.1) is 6.54 Å². The van der Waals surface area contributed by atoms with Crippen molar-refractivity contribution in [2.75, 3.05) is 13.1 Å². The summed E-state index contributed by atoms with van der Waals surface area (Å²) in [4.78, 5) is 29.1. The Morgan fingerprint density at radius 1 is 1.07 bits per heavy atom. The standard InChI is InChI=1S/C39H50F2N2O3/c1-5-34-35(38(45)42-25-39(40,41)6-2)21-16-29-13-12-27(4)43(24-36(29)34)23-28-8-7-9-31(22-28)37(44)30-14-19-33(20-15-30)46-32-17-10-26(3)11-18-32/h10,13-14,16-19,21,24,26-28,31H,5-9,11-12,15,20,22-23,25H2,1-4H3,(H,42,45). The van der Waals surface area contributed by atoms with E-state index in [9.17, 15) is 18.4 Å². The Hall–Kier alpha value is -3.48. The van der Waals surface area contributed by atoms with Crippen LogP contribution in [0.1, 0.15) is 101 Å².